The summed E-state index contributed by atoms with van der Waals surface area (Å²) in [5, 5.41) is 3.52. The van der Waals surface area contributed by atoms with E-state index in [4.69, 9.17) is 4.74 Å². The van der Waals surface area contributed by atoms with Crippen LogP contribution in [0.2, 0.25) is 0 Å². The topological polar surface area (TPSA) is 59.4 Å². The van der Waals surface area contributed by atoms with E-state index in [1.165, 1.54) is 5.69 Å². The molecule has 1 aliphatic heterocycles. The summed E-state index contributed by atoms with van der Waals surface area (Å²) < 4.78 is 7.58. The van der Waals surface area contributed by atoms with Crippen LogP contribution in [0.4, 0.5) is 4.79 Å². The van der Waals surface area contributed by atoms with Crippen molar-refractivity contribution in [1.82, 2.24) is 19.8 Å². The van der Waals surface area contributed by atoms with Crippen molar-refractivity contribution >= 4 is 6.09 Å². The van der Waals surface area contributed by atoms with E-state index < -0.39 is 5.60 Å². The number of amides is 1. The van der Waals surface area contributed by atoms with Gasteiger partial charge in [0.15, 0.2) is 0 Å². The molecule has 2 rings (SSSR count). The van der Waals surface area contributed by atoms with E-state index in [2.05, 4.69) is 21.8 Å². The minimum atomic E-state index is -0.419. The van der Waals surface area contributed by atoms with Crippen LogP contribution in [-0.2, 0) is 17.8 Å². The zero-order valence-electron chi connectivity index (χ0n) is 14.8. The van der Waals surface area contributed by atoms with Crippen LogP contribution in [-0.4, -0.2) is 45.8 Å². The lowest BCUT2D eigenvalue weighted by Gasteiger charge is -2.33. The number of piperidine rings is 1. The van der Waals surface area contributed by atoms with Crippen molar-refractivity contribution in [2.45, 2.75) is 59.2 Å². The number of likely N-dealkylation sites (tertiary alicyclic amines) is 1. The van der Waals surface area contributed by atoms with Crippen molar-refractivity contribution in [1.29, 1.82) is 0 Å². The molecule has 6 nitrogen and oxygen atoms in total. The normalized spacial score (nSPS) is 16.6. The van der Waals surface area contributed by atoms with E-state index in [1.807, 2.05) is 38.2 Å². The Bertz CT molecular complexity index is 499. The molecule has 1 saturated heterocycles. The summed E-state index contributed by atoms with van der Waals surface area (Å²) in [6.07, 6.45) is 5.66. The molecule has 1 fully saturated rings. The maximum Gasteiger partial charge on any atom is 0.410 e. The molecule has 1 amide bonds. The Morgan fingerprint density at radius 2 is 2.09 bits per heavy atom. The summed E-state index contributed by atoms with van der Waals surface area (Å²) in [6.45, 7) is 12.2. The number of carbonyl (C=O) groups is 1. The molecule has 0 atom stereocenters. The molecule has 1 aromatic rings. The van der Waals surface area contributed by atoms with Crippen molar-refractivity contribution in [3.63, 3.8) is 0 Å². The molecule has 6 heteroatoms. The first kappa shape index (κ1) is 17.8. The number of ether oxygens (including phenoxy) is 1. The lowest BCUT2D eigenvalue weighted by Crippen LogP contribution is -2.43. The van der Waals surface area contributed by atoms with Gasteiger partial charge in [-0.1, -0.05) is 0 Å². The lowest BCUT2D eigenvalue weighted by molar-refractivity contribution is 0.0184. The summed E-state index contributed by atoms with van der Waals surface area (Å²) in [5.41, 5.74) is 0.802. The first-order chi connectivity index (χ1) is 10.9. The molecule has 2 heterocycles. The number of nitrogens with zero attached hydrogens (tertiary/aromatic N) is 3. The monoisotopic (exact) mass is 322 g/mol. The second kappa shape index (κ2) is 7.81. The Morgan fingerprint density at radius 1 is 1.39 bits per heavy atom. The third-order valence-electron chi connectivity index (χ3n) is 4.14. The molecule has 0 spiro atoms. The van der Waals surface area contributed by atoms with Gasteiger partial charge in [-0.3, -0.25) is 0 Å². The summed E-state index contributed by atoms with van der Waals surface area (Å²) >= 11 is 0. The molecule has 0 bridgehead atoms. The number of aromatic nitrogens is 2. The predicted octanol–water partition coefficient (Wildman–Crippen LogP) is 2.64. The minimum Gasteiger partial charge on any atom is -0.444 e. The third-order valence-corrected chi connectivity index (χ3v) is 4.14. The van der Waals surface area contributed by atoms with Crippen LogP contribution in [0.25, 0.3) is 0 Å². The molecule has 130 valence electrons. The predicted molar refractivity (Wildman–Crippen MR) is 90.1 cm³/mol. The van der Waals surface area contributed by atoms with Gasteiger partial charge in [0.25, 0.3) is 0 Å². The van der Waals surface area contributed by atoms with E-state index in [9.17, 15) is 4.79 Å². The SMILES string of the molecule is CCn1cncc1CNCC1CCN(C(=O)OC(C)(C)C)CC1. The van der Waals surface area contributed by atoms with E-state index in [0.717, 1.165) is 45.6 Å². The van der Waals surface area contributed by atoms with Crippen molar-refractivity contribution in [2.75, 3.05) is 19.6 Å². The van der Waals surface area contributed by atoms with Gasteiger partial charge in [-0.15, -0.1) is 0 Å². The van der Waals surface area contributed by atoms with Crippen molar-refractivity contribution < 1.29 is 9.53 Å². The fraction of sp³-hybridized carbons (Fsp3) is 0.765. The highest BCUT2D eigenvalue weighted by molar-refractivity contribution is 5.68. The van der Waals surface area contributed by atoms with Gasteiger partial charge in [0, 0.05) is 32.4 Å². The number of hydrogen-bond acceptors (Lipinski definition) is 4. The summed E-state index contributed by atoms with van der Waals surface area (Å²) in [7, 11) is 0. The molecule has 1 N–H and O–H groups in total. The zero-order valence-corrected chi connectivity index (χ0v) is 14.8. The molecular formula is C17H30N4O2. The van der Waals surface area contributed by atoms with Crippen LogP contribution in [0.5, 0.6) is 0 Å². The number of carbonyl (C=O) groups excluding carboxylic acids is 1. The van der Waals surface area contributed by atoms with Crippen molar-refractivity contribution in [3.8, 4) is 0 Å². The maximum atomic E-state index is 12.0. The first-order valence-electron chi connectivity index (χ1n) is 8.56. The molecule has 0 aromatic carbocycles. The van der Waals surface area contributed by atoms with Crippen molar-refractivity contribution in [2.24, 2.45) is 5.92 Å². The standard InChI is InChI=1S/C17H30N4O2/c1-5-20-13-19-12-15(20)11-18-10-14-6-8-21(9-7-14)16(22)23-17(2,3)4/h12-14,18H,5-11H2,1-4H3. The van der Waals surface area contributed by atoms with E-state index in [0.29, 0.717) is 5.92 Å². The Hall–Kier alpha value is -1.56. The summed E-state index contributed by atoms with van der Waals surface area (Å²) in [4.78, 5) is 18.0. The number of imidazole rings is 1. The molecule has 0 saturated carbocycles. The van der Waals surface area contributed by atoms with Gasteiger partial charge < -0.3 is 19.5 Å². The average Bonchev–Trinajstić information content (AvgIpc) is 2.93. The number of aryl methyl sites for hydroxylation is 1. The van der Waals surface area contributed by atoms with Crippen LogP contribution in [0.3, 0.4) is 0 Å². The quantitative estimate of drug-likeness (QED) is 0.905. The highest BCUT2D eigenvalue weighted by Crippen LogP contribution is 2.19. The molecule has 0 unspecified atom stereocenters. The van der Waals surface area contributed by atoms with Crippen LogP contribution in [0.1, 0.15) is 46.2 Å². The largest absolute Gasteiger partial charge is 0.444 e. The smallest absolute Gasteiger partial charge is 0.410 e. The minimum absolute atomic E-state index is 0.184. The van der Waals surface area contributed by atoms with Gasteiger partial charge in [0.05, 0.1) is 12.0 Å². The highest BCUT2D eigenvalue weighted by atomic mass is 16.6. The van der Waals surface area contributed by atoms with Gasteiger partial charge in [0.1, 0.15) is 5.60 Å². The molecule has 0 aliphatic carbocycles. The van der Waals surface area contributed by atoms with Gasteiger partial charge >= 0.3 is 6.09 Å². The van der Waals surface area contributed by atoms with Gasteiger partial charge in [0.2, 0.25) is 0 Å². The second-order valence-electron chi connectivity index (χ2n) is 7.21. The van der Waals surface area contributed by atoms with Gasteiger partial charge in [-0.2, -0.15) is 0 Å². The number of nitrogens with one attached hydrogen (secondary N) is 1. The molecule has 1 aromatic heterocycles. The Balaban J connectivity index is 1.68. The maximum absolute atomic E-state index is 12.0. The van der Waals surface area contributed by atoms with E-state index >= 15 is 0 Å². The fourth-order valence-electron chi connectivity index (χ4n) is 2.83. The van der Waals surface area contributed by atoms with Gasteiger partial charge in [-0.05, 0) is 53.0 Å². The van der Waals surface area contributed by atoms with Crippen LogP contribution >= 0.6 is 0 Å². The number of hydrogen-bond donors (Lipinski definition) is 1. The van der Waals surface area contributed by atoms with Crippen LogP contribution in [0.15, 0.2) is 12.5 Å². The second-order valence-corrected chi connectivity index (χ2v) is 7.21. The van der Waals surface area contributed by atoms with Gasteiger partial charge in [-0.25, -0.2) is 9.78 Å². The Morgan fingerprint density at radius 3 is 2.70 bits per heavy atom. The summed E-state index contributed by atoms with van der Waals surface area (Å²) in [5.74, 6) is 0.617. The average molecular weight is 322 g/mol. The number of rotatable bonds is 5. The Labute approximate surface area is 139 Å². The molecule has 1 aliphatic rings. The molecule has 0 radical (unpaired) electrons. The molecule has 23 heavy (non-hydrogen) atoms. The first-order valence-corrected chi connectivity index (χ1v) is 8.56. The fourth-order valence-corrected chi connectivity index (χ4v) is 2.83. The highest BCUT2D eigenvalue weighted by Gasteiger charge is 2.26. The molecular weight excluding hydrogens is 292 g/mol. The van der Waals surface area contributed by atoms with Crippen LogP contribution < -0.4 is 5.32 Å². The Kier molecular flexibility index (Phi) is 6.04. The zero-order chi connectivity index (χ0) is 16.9. The third kappa shape index (κ3) is 5.53. The lowest BCUT2D eigenvalue weighted by atomic mass is 9.97. The van der Waals surface area contributed by atoms with E-state index in [-0.39, 0.29) is 6.09 Å². The van der Waals surface area contributed by atoms with Crippen molar-refractivity contribution in [3.05, 3.63) is 18.2 Å². The van der Waals surface area contributed by atoms with Crippen LogP contribution in [0, 0.1) is 5.92 Å². The summed E-state index contributed by atoms with van der Waals surface area (Å²) in [6, 6.07) is 0. The van der Waals surface area contributed by atoms with E-state index in [1.54, 1.807) is 0 Å².